The third kappa shape index (κ3) is 2.88. The number of hydrogen-bond acceptors (Lipinski definition) is 5. The van der Waals surface area contributed by atoms with Crippen LogP contribution in [0.15, 0.2) is 39.2 Å². The molecule has 2 aromatic heterocycles. The first-order valence-corrected chi connectivity index (χ1v) is 6.67. The minimum atomic E-state index is 0.606. The van der Waals surface area contributed by atoms with Crippen LogP contribution < -0.4 is 5.32 Å². The van der Waals surface area contributed by atoms with Gasteiger partial charge in [-0.3, -0.25) is 0 Å². The van der Waals surface area contributed by atoms with E-state index in [-0.39, 0.29) is 0 Å². The highest BCUT2D eigenvalue weighted by atomic mass is 79.9. The number of pyridine rings is 1. The van der Waals surface area contributed by atoms with Crippen LogP contribution in [0.2, 0.25) is 5.02 Å². The molecule has 7 heteroatoms. The summed E-state index contributed by atoms with van der Waals surface area (Å²) in [6.07, 6.45) is 3.19. The van der Waals surface area contributed by atoms with E-state index in [1.165, 1.54) is 18.1 Å². The molecule has 4 nitrogen and oxygen atoms in total. The number of hydrogen-bond donors (Lipinski definition) is 1. The number of rotatable bonds is 3. The Morgan fingerprint density at radius 2 is 2.12 bits per heavy atom. The molecule has 88 valence electrons. The lowest BCUT2D eigenvalue weighted by Gasteiger charge is -2.07. The molecule has 2 heterocycles. The van der Waals surface area contributed by atoms with E-state index < -0.39 is 0 Å². The van der Waals surface area contributed by atoms with Gasteiger partial charge in [0.25, 0.3) is 0 Å². The van der Waals surface area contributed by atoms with Gasteiger partial charge >= 0.3 is 0 Å². The summed E-state index contributed by atoms with van der Waals surface area (Å²) in [5.41, 5.74) is 0. The molecule has 0 saturated carbocycles. The van der Waals surface area contributed by atoms with Gasteiger partial charge in [-0.1, -0.05) is 11.6 Å². The molecule has 0 fully saturated rings. The van der Waals surface area contributed by atoms with Crippen molar-refractivity contribution in [2.75, 3.05) is 12.4 Å². The van der Waals surface area contributed by atoms with E-state index in [1.807, 2.05) is 0 Å². The SMILES string of the molecule is CNc1ncnc(Sc2ncccc2Cl)c1Br. The number of nitrogens with zero attached hydrogens (tertiary/aromatic N) is 3. The highest BCUT2D eigenvalue weighted by molar-refractivity contribution is 9.10. The summed E-state index contributed by atoms with van der Waals surface area (Å²) >= 11 is 10.9. The third-order valence-corrected chi connectivity index (χ3v) is 4.36. The van der Waals surface area contributed by atoms with Crippen molar-refractivity contribution in [3.63, 3.8) is 0 Å². The van der Waals surface area contributed by atoms with Crippen molar-refractivity contribution >= 4 is 45.1 Å². The number of anilines is 1. The fraction of sp³-hybridized carbons (Fsp3) is 0.100. The maximum atomic E-state index is 6.04. The molecule has 0 saturated heterocycles. The van der Waals surface area contributed by atoms with Gasteiger partial charge in [-0.05, 0) is 39.8 Å². The highest BCUT2D eigenvalue weighted by Gasteiger charge is 2.11. The van der Waals surface area contributed by atoms with Crippen LogP contribution in [0.1, 0.15) is 0 Å². The summed E-state index contributed by atoms with van der Waals surface area (Å²) in [5.74, 6) is 0.731. The lowest BCUT2D eigenvalue weighted by molar-refractivity contribution is 1.02. The average Bonchev–Trinajstić information content (AvgIpc) is 2.34. The Morgan fingerprint density at radius 3 is 2.82 bits per heavy atom. The molecular formula is C10H8BrClN4S. The van der Waals surface area contributed by atoms with Crippen LogP contribution in [0.3, 0.4) is 0 Å². The summed E-state index contributed by atoms with van der Waals surface area (Å²) < 4.78 is 0.800. The molecule has 0 bridgehead atoms. The van der Waals surface area contributed by atoms with Crippen LogP contribution >= 0.6 is 39.3 Å². The zero-order valence-corrected chi connectivity index (χ0v) is 12.0. The second kappa shape index (κ2) is 5.66. The molecule has 0 aromatic carbocycles. The summed E-state index contributed by atoms with van der Waals surface area (Å²) in [6.45, 7) is 0. The Kier molecular flexibility index (Phi) is 4.20. The monoisotopic (exact) mass is 330 g/mol. The van der Waals surface area contributed by atoms with Gasteiger partial charge in [0.15, 0.2) is 0 Å². The molecule has 2 rings (SSSR count). The minimum Gasteiger partial charge on any atom is -0.372 e. The van der Waals surface area contributed by atoms with E-state index in [4.69, 9.17) is 11.6 Å². The van der Waals surface area contributed by atoms with Crippen LogP contribution in [0.5, 0.6) is 0 Å². The number of nitrogens with one attached hydrogen (secondary N) is 1. The number of aromatic nitrogens is 3. The van der Waals surface area contributed by atoms with Gasteiger partial charge in [-0.2, -0.15) is 0 Å². The van der Waals surface area contributed by atoms with Gasteiger partial charge in [-0.15, -0.1) is 0 Å². The third-order valence-electron chi connectivity index (χ3n) is 1.91. The predicted octanol–water partition coefficient (Wildman–Crippen LogP) is 3.48. The Morgan fingerprint density at radius 1 is 1.29 bits per heavy atom. The lowest BCUT2D eigenvalue weighted by atomic mass is 10.5. The molecule has 17 heavy (non-hydrogen) atoms. The normalized spacial score (nSPS) is 10.3. The van der Waals surface area contributed by atoms with Crippen molar-refractivity contribution in [2.24, 2.45) is 0 Å². The van der Waals surface area contributed by atoms with Crippen molar-refractivity contribution in [1.82, 2.24) is 15.0 Å². The van der Waals surface area contributed by atoms with Gasteiger partial charge < -0.3 is 5.32 Å². The molecular weight excluding hydrogens is 324 g/mol. The second-order valence-electron chi connectivity index (χ2n) is 2.98. The molecule has 2 aromatic rings. The van der Waals surface area contributed by atoms with Gasteiger partial charge in [-0.25, -0.2) is 15.0 Å². The van der Waals surface area contributed by atoms with Gasteiger partial charge in [0.1, 0.15) is 22.2 Å². The molecule has 0 amide bonds. The molecule has 0 aliphatic rings. The summed E-state index contributed by atoms with van der Waals surface area (Å²) in [7, 11) is 1.80. The van der Waals surface area contributed by atoms with E-state index in [1.54, 1.807) is 25.4 Å². The second-order valence-corrected chi connectivity index (χ2v) is 5.16. The lowest BCUT2D eigenvalue weighted by Crippen LogP contribution is -1.96. The van der Waals surface area contributed by atoms with Crippen molar-refractivity contribution in [3.05, 3.63) is 34.2 Å². The van der Waals surface area contributed by atoms with E-state index >= 15 is 0 Å². The van der Waals surface area contributed by atoms with Gasteiger partial charge in [0.2, 0.25) is 0 Å². The fourth-order valence-electron chi connectivity index (χ4n) is 1.14. The molecule has 0 spiro atoms. The first-order chi connectivity index (χ1) is 8.22. The standard InChI is InChI=1S/C10H8BrClN4S/c1-13-8-7(11)10(16-5-15-8)17-9-6(12)3-2-4-14-9/h2-5H,1H3,(H,13,15,16). The summed E-state index contributed by atoms with van der Waals surface area (Å²) in [4.78, 5) is 12.5. The van der Waals surface area contributed by atoms with Crippen molar-refractivity contribution in [1.29, 1.82) is 0 Å². The first-order valence-electron chi connectivity index (χ1n) is 4.69. The topological polar surface area (TPSA) is 50.7 Å². The molecule has 0 unspecified atom stereocenters. The maximum Gasteiger partial charge on any atom is 0.144 e. The van der Waals surface area contributed by atoms with Crippen LogP contribution in [-0.2, 0) is 0 Å². The molecule has 0 radical (unpaired) electrons. The average molecular weight is 332 g/mol. The smallest absolute Gasteiger partial charge is 0.144 e. The highest BCUT2D eigenvalue weighted by Crippen LogP contribution is 2.36. The largest absolute Gasteiger partial charge is 0.372 e. The van der Waals surface area contributed by atoms with Crippen molar-refractivity contribution in [3.8, 4) is 0 Å². The summed E-state index contributed by atoms with van der Waals surface area (Å²) in [6, 6.07) is 3.59. The predicted molar refractivity (Wildman–Crippen MR) is 72.6 cm³/mol. The summed E-state index contributed by atoms with van der Waals surface area (Å²) in [5, 5.41) is 5.06. The Labute approximate surface area is 116 Å². The van der Waals surface area contributed by atoms with E-state index in [2.05, 4.69) is 36.2 Å². The molecule has 0 aliphatic carbocycles. The van der Waals surface area contributed by atoms with Crippen LogP contribution in [0.25, 0.3) is 0 Å². The Hall–Kier alpha value is -0.850. The van der Waals surface area contributed by atoms with Gasteiger partial charge in [0.05, 0.1) is 9.50 Å². The van der Waals surface area contributed by atoms with Crippen molar-refractivity contribution < 1.29 is 0 Å². The van der Waals surface area contributed by atoms with Crippen LogP contribution in [0.4, 0.5) is 5.82 Å². The molecule has 0 aliphatic heterocycles. The van der Waals surface area contributed by atoms with Crippen molar-refractivity contribution in [2.45, 2.75) is 10.1 Å². The Balaban J connectivity index is 2.34. The van der Waals surface area contributed by atoms with Crippen LogP contribution in [0, 0.1) is 0 Å². The number of halogens is 2. The maximum absolute atomic E-state index is 6.04. The Bertz CT molecular complexity index is 537. The van der Waals surface area contributed by atoms with E-state index in [0.717, 1.165) is 20.3 Å². The first kappa shape index (κ1) is 12.6. The van der Waals surface area contributed by atoms with Gasteiger partial charge in [0, 0.05) is 13.2 Å². The van der Waals surface area contributed by atoms with Crippen LogP contribution in [-0.4, -0.2) is 22.0 Å². The fourth-order valence-corrected chi connectivity index (χ4v) is 2.77. The zero-order chi connectivity index (χ0) is 12.3. The quantitative estimate of drug-likeness (QED) is 0.873. The van der Waals surface area contributed by atoms with E-state index in [0.29, 0.717) is 5.02 Å². The minimum absolute atomic E-state index is 0.606. The molecule has 1 N–H and O–H groups in total. The van der Waals surface area contributed by atoms with E-state index in [9.17, 15) is 0 Å². The zero-order valence-electron chi connectivity index (χ0n) is 8.82. The molecule has 0 atom stereocenters.